The highest BCUT2D eigenvalue weighted by molar-refractivity contribution is 5.75. The number of benzene rings is 1. The van der Waals surface area contributed by atoms with Crippen molar-refractivity contribution in [3.8, 4) is 5.75 Å². The lowest BCUT2D eigenvalue weighted by Gasteiger charge is -2.15. The maximum Gasteiger partial charge on any atom is 0.322 e. The third kappa shape index (κ3) is 3.47. The normalized spacial score (nSPS) is 12.1. The van der Waals surface area contributed by atoms with E-state index in [1.54, 1.807) is 0 Å². The third-order valence-electron chi connectivity index (χ3n) is 2.91. The molecule has 0 spiro atoms. The lowest BCUT2D eigenvalue weighted by molar-refractivity contribution is -0.142. The first-order chi connectivity index (χ1) is 8.49. The molecule has 0 saturated heterocycles. The Morgan fingerprint density at radius 2 is 1.89 bits per heavy atom. The number of esters is 1. The molecule has 0 bridgehead atoms. The second-order valence-corrected chi connectivity index (χ2v) is 4.30. The summed E-state index contributed by atoms with van der Waals surface area (Å²) in [4.78, 5) is 11.3. The predicted molar refractivity (Wildman–Crippen MR) is 70.8 cm³/mol. The largest absolute Gasteiger partial charge is 0.494 e. The molecule has 1 rings (SSSR count). The lowest BCUT2D eigenvalue weighted by Crippen LogP contribution is -2.34. The first kappa shape index (κ1) is 14.5. The van der Waals surface area contributed by atoms with Crippen molar-refractivity contribution in [1.29, 1.82) is 0 Å². The number of ether oxygens (including phenoxy) is 2. The van der Waals surface area contributed by atoms with Crippen molar-refractivity contribution >= 4 is 5.97 Å². The first-order valence-electron chi connectivity index (χ1n) is 6.05. The first-order valence-corrected chi connectivity index (χ1v) is 6.05. The van der Waals surface area contributed by atoms with E-state index in [1.807, 2.05) is 32.9 Å². The van der Waals surface area contributed by atoms with Crippen LogP contribution in [-0.2, 0) is 16.0 Å². The summed E-state index contributed by atoms with van der Waals surface area (Å²) in [5, 5.41) is 0. The minimum Gasteiger partial charge on any atom is -0.494 e. The Labute approximate surface area is 108 Å². The van der Waals surface area contributed by atoms with Crippen LogP contribution in [0.1, 0.15) is 23.6 Å². The fraction of sp³-hybridized carbons (Fsp3) is 0.500. The number of carbonyl (C=O) groups excluding carboxylic acids is 1. The molecule has 100 valence electrons. The number of methoxy groups -OCH3 is 1. The van der Waals surface area contributed by atoms with E-state index < -0.39 is 6.04 Å². The van der Waals surface area contributed by atoms with Crippen molar-refractivity contribution in [3.05, 3.63) is 28.8 Å². The summed E-state index contributed by atoms with van der Waals surface area (Å²) >= 11 is 0. The zero-order valence-corrected chi connectivity index (χ0v) is 11.4. The number of carbonyl (C=O) groups is 1. The third-order valence-corrected chi connectivity index (χ3v) is 2.91. The van der Waals surface area contributed by atoms with E-state index in [1.165, 1.54) is 7.11 Å². The average Bonchev–Trinajstić information content (AvgIpc) is 2.33. The Bertz CT molecular complexity index is 406. The highest BCUT2D eigenvalue weighted by Gasteiger charge is 2.17. The molecule has 1 unspecified atom stereocenters. The molecule has 18 heavy (non-hydrogen) atoms. The summed E-state index contributed by atoms with van der Waals surface area (Å²) < 4.78 is 10.1. The van der Waals surface area contributed by atoms with E-state index in [0.29, 0.717) is 13.0 Å². The quantitative estimate of drug-likeness (QED) is 0.810. The van der Waals surface area contributed by atoms with Crippen LogP contribution in [0, 0.1) is 13.8 Å². The summed E-state index contributed by atoms with van der Waals surface area (Å²) in [6.45, 7) is 6.58. The zero-order chi connectivity index (χ0) is 13.7. The molecule has 0 aliphatic carbocycles. The van der Waals surface area contributed by atoms with Crippen LogP contribution < -0.4 is 10.5 Å². The molecular formula is C14H21NO3. The van der Waals surface area contributed by atoms with Crippen LogP contribution in [-0.4, -0.2) is 25.7 Å². The van der Waals surface area contributed by atoms with Gasteiger partial charge < -0.3 is 15.2 Å². The van der Waals surface area contributed by atoms with Gasteiger partial charge in [-0.25, -0.2) is 0 Å². The number of nitrogens with two attached hydrogens (primary N) is 1. The fourth-order valence-corrected chi connectivity index (χ4v) is 1.98. The Hall–Kier alpha value is -1.55. The maximum absolute atomic E-state index is 11.3. The van der Waals surface area contributed by atoms with Gasteiger partial charge in [0.2, 0.25) is 0 Å². The molecule has 0 heterocycles. The van der Waals surface area contributed by atoms with Crippen molar-refractivity contribution in [2.24, 2.45) is 5.73 Å². The van der Waals surface area contributed by atoms with Crippen LogP contribution >= 0.6 is 0 Å². The van der Waals surface area contributed by atoms with Gasteiger partial charge in [-0.15, -0.1) is 0 Å². The minimum atomic E-state index is -0.620. The van der Waals surface area contributed by atoms with Gasteiger partial charge >= 0.3 is 5.97 Å². The monoisotopic (exact) mass is 251 g/mol. The van der Waals surface area contributed by atoms with Crippen molar-refractivity contribution in [3.63, 3.8) is 0 Å². The molecule has 0 amide bonds. The van der Waals surface area contributed by atoms with Crippen LogP contribution in [0.5, 0.6) is 5.75 Å². The molecule has 4 heteroatoms. The summed E-state index contributed by atoms with van der Waals surface area (Å²) in [5.74, 6) is 0.463. The van der Waals surface area contributed by atoms with Gasteiger partial charge in [0.05, 0.1) is 13.7 Å². The highest BCUT2D eigenvalue weighted by atomic mass is 16.5. The van der Waals surface area contributed by atoms with Gasteiger partial charge in [-0.2, -0.15) is 0 Å². The zero-order valence-electron chi connectivity index (χ0n) is 11.4. The second-order valence-electron chi connectivity index (χ2n) is 4.30. The van der Waals surface area contributed by atoms with E-state index in [-0.39, 0.29) is 5.97 Å². The predicted octanol–water partition coefficient (Wildman–Crippen LogP) is 1.74. The molecule has 0 radical (unpaired) electrons. The number of aryl methyl sites for hydroxylation is 2. The standard InChI is InChI=1S/C14H21NO3/c1-5-18-11-6-9(2)12(10(3)7-11)8-13(15)14(16)17-4/h6-7,13H,5,8,15H2,1-4H3. The summed E-state index contributed by atoms with van der Waals surface area (Å²) in [6, 6.07) is 3.32. The molecule has 0 saturated carbocycles. The molecular weight excluding hydrogens is 230 g/mol. The van der Waals surface area contributed by atoms with Gasteiger partial charge in [-0.1, -0.05) is 0 Å². The summed E-state index contributed by atoms with van der Waals surface area (Å²) in [5.41, 5.74) is 9.03. The Balaban J connectivity index is 2.93. The molecule has 0 aromatic heterocycles. The number of hydrogen-bond acceptors (Lipinski definition) is 4. The molecule has 0 aliphatic rings. The van der Waals surface area contributed by atoms with E-state index in [0.717, 1.165) is 22.4 Å². The van der Waals surface area contributed by atoms with Crippen molar-refractivity contribution in [2.45, 2.75) is 33.2 Å². The SMILES string of the molecule is CCOc1cc(C)c(CC(N)C(=O)OC)c(C)c1. The Morgan fingerprint density at radius 3 is 2.33 bits per heavy atom. The fourth-order valence-electron chi connectivity index (χ4n) is 1.98. The highest BCUT2D eigenvalue weighted by Crippen LogP contribution is 2.23. The summed E-state index contributed by atoms with van der Waals surface area (Å²) in [6.07, 6.45) is 0.483. The number of rotatable bonds is 5. The van der Waals surface area contributed by atoms with Gasteiger partial charge in [0.15, 0.2) is 0 Å². The minimum absolute atomic E-state index is 0.386. The van der Waals surface area contributed by atoms with E-state index >= 15 is 0 Å². The molecule has 1 aromatic carbocycles. The van der Waals surface area contributed by atoms with Crippen LogP contribution in [0.3, 0.4) is 0 Å². The van der Waals surface area contributed by atoms with Crippen molar-refractivity contribution in [1.82, 2.24) is 0 Å². The Kier molecular flexibility index (Phi) is 5.16. The molecule has 0 fully saturated rings. The molecule has 2 N–H and O–H groups in total. The van der Waals surface area contributed by atoms with Crippen LogP contribution in [0.25, 0.3) is 0 Å². The van der Waals surface area contributed by atoms with Crippen molar-refractivity contribution in [2.75, 3.05) is 13.7 Å². The van der Waals surface area contributed by atoms with E-state index in [4.69, 9.17) is 10.5 Å². The van der Waals surface area contributed by atoms with Crippen LogP contribution in [0.15, 0.2) is 12.1 Å². The topological polar surface area (TPSA) is 61.5 Å². The average molecular weight is 251 g/mol. The van der Waals surface area contributed by atoms with Crippen LogP contribution in [0.2, 0.25) is 0 Å². The molecule has 0 aliphatic heterocycles. The molecule has 1 atom stereocenters. The van der Waals surface area contributed by atoms with Gasteiger partial charge in [0.25, 0.3) is 0 Å². The smallest absolute Gasteiger partial charge is 0.322 e. The molecule has 1 aromatic rings. The number of hydrogen-bond donors (Lipinski definition) is 1. The van der Waals surface area contributed by atoms with Gasteiger partial charge in [0, 0.05) is 0 Å². The second kappa shape index (κ2) is 6.40. The maximum atomic E-state index is 11.3. The van der Waals surface area contributed by atoms with Crippen LogP contribution in [0.4, 0.5) is 0 Å². The lowest BCUT2D eigenvalue weighted by atomic mass is 9.96. The van der Waals surface area contributed by atoms with Crippen molar-refractivity contribution < 1.29 is 14.3 Å². The van der Waals surface area contributed by atoms with E-state index in [2.05, 4.69) is 4.74 Å². The summed E-state index contributed by atoms with van der Waals surface area (Å²) in [7, 11) is 1.35. The Morgan fingerprint density at radius 1 is 1.33 bits per heavy atom. The van der Waals surface area contributed by atoms with Gasteiger partial charge in [-0.3, -0.25) is 4.79 Å². The van der Waals surface area contributed by atoms with E-state index in [9.17, 15) is 4.79 Å². The van der Waals surface area contributed by atoms with Gasteiger partial charge in [0.1, 0.15) is 11.8 Å². The molecule has 4 nitrogen and oxygen atoms in total. The van der Waals surface area contributed by atoms with Gasteiger partial charge in [-0.05, 0) is 56.0 Å².